The minimum Gasteiger partial charge on any atom is -0.406 e. The Morgan fingerprint density at radius 2 is 1.64 bits per heavy atom. The van der Waals surface area contributed by atoms with Crippen LogP contribution in [0, 0.1) is 0 Å². The van der Waals surface area contributed by atoms with Gasteiger partial charge in [-0.15, -0.1) is 35.8 Å². The van der Waals surface area contributed by atoms with Crippen molar-refractivity contribution < 1.29 is 17.9 Å². The summed E-state index contributed by atoms with van der Waals surface area (Å²) in [6.07, 6.45) is -2.89. The third-order valence-corrected chi connectivity index (χ3v) is 5.87. The molecule has 0 fully saturated rings. The number of aromatic nitrogens is 1. The molecule has 0 radical (unpaired) electrons. The molecule has 0 amide bonds. The molecule has 25 heavy (non-hydrogen) atoms. The molecule has 0 saturated carbocycles. The monoisotopic (exact) mass is 377 g/mol. The summed E-state index contributed by atoms with van der Waals surface area (Å²) in [5.74, 6) is -0.238. The zero-order chi connectivity index (χ0) is 17.4. The van der Waals surface area contributed by atoms with Gasteiger partial charge in [0.15, 0.2) is 0 Å². The van der Waals surface area contributed by atoms with E-state index in [4.69, 9.17) is 0 Å². The van der Waals surface area contributed by atoms with Crippen molar-refractivity contribution in [3.8, 4) is 26.1 Å². The molecule has 0 unspecified atom stereocenters. The van der Waals surface area contributed by atoms with Gasteiger partial charge in [-0.05, 0) is 41.8 Å². The van der Waals surface area contributed by atoms with Crippen LogP contribution in [0.3, 0.4) is 0 Å². The number of hydrogen-bond acceptors (Lipinski definition) is 4. The largest absolute Gasteiger partial charge is 0.573 e. The summed E-state index contributed by atoms with van der Waals surface area (Å²) in [6, 6.07) is 16.0. The lowest BCUT2D eigenvalue weighted by atomic mass is 10.2. The van der Waals surface area contributed by atoms with Gasteiger partial charge in [-0.2, -0.15) is 0 Å². The third-order valence-electron chi connectivity index (χ3n) is 3.51. The average molecular weight is 377 g/mol. The van der Waals surface area contributed by atoms with Gasteiger partial charge in [0.05, 0.1) is 4.88 Å². The number of halogens is 3. The van der Waals surface area contributed by atoms with Crippen LogP contribution in [0.4, 0.5) is 13.2 Å². The van der Waals surface area contributed by atoms with Gasteiger partial charge in [-0.3, -0.25) is 0 Å². The van der Waals surface area contributed by atoms with Crippen molar-refractivity contribution in [2.24, 2.45) is 0 Å². The first-order chi connectivity index (χ1) is 12.0. The number of hydrogen-bond donors (Lipinski definition) is 0. The summed E-state index contributed by atoms with van der Waals surface area (Å²) in [5, 5.41) is 1.94. The van der Waals surface area contributed by atoms with Crippen LogP contribution >= 0.6 is 22.7 Å². The van der Waals surface area contributed by atoms with Gasteiger partial charge in [0, 0.05) is 21.3 Å². The second kappa shape index (κ2) is 6.16. The lowest BCUT2D eigenvalue weighted by molar-refractivity contribution is -0.274. The minimum atomic E-state index is -4.68. The molecule has 2 aromatic carbocycles. The molecule has 0 N–H and O–H groups in total. The molecule has 2 aromatic heterocycles. The Balaban J connectivity index is 1.60. The van der Waals surface area contributed by atoms with Gasteiger partial charge in [0.1, 0.15) is 10.8 Å². The van der Waals surface area contributed by atoms with Gasteiger partial charge in [0.2, 0.25) is 0 Å². The van der Waals surface area contributed by atoms with E-state index < -0.39 is 6.36 Å². The van der Waals surface area contributed by atoms with Gasteiger partial charge in [-0.25, -0.2) is 4.98 Å². The van der Waals surface area contributed by atoms with Crippen LogP contribution in [0.15, 0.2) is 60.8 Å². The Labute approximate surface area is 149 Å². The zero-order valence-corrected chi connectivity index (χ0v) is 14.2. The Morgan fingerprint density at radius 3 is 2.36 bits per heavy atom. The fraction of sp³-hybridized carbons (Fsp3) is 0.0556. The van der Waals surface area contributed by atoms with Gasteiger partial charge < -0.3 is 4.74 Å². The van der Waals surface area contributed by atoms with Crippen LogP contribution in [0.25, 0.3) is 30.4 Å². The molecule has 0 atom stereocenters. The number of nitrogens with zero attached hydrogens (tertiary/aromatic N) is 1. The lowest BCUT2D eigenvalue weighted by Crippen LogP contribution is -2.16. The van der Waals surface area contributed by atoms with Crippen molar-refractivity contribution in [1.29, 1.82) is 0 Å². The Bertz CT molecular complexity index is 986. The molecule has 4 aromatic rings. The Hall–Kier alpha value is -2.38. The highest BCUT2D eigenvalue weighted by molar-refractivity contribution is 7.26. The fourth-order valence-corrected chi connectivity index (χ4v) is 4.47. The molecular formula is C18H10F3NOS2. The number of fused-ring (bicyclic) bond motifs is 1. The van der Waals surface area contributed by atoms with Crippen molar-refractivity contribution in [3.05, 3.63) is 60.8 Å². The standard InChI is InChI=1S/C18H10F3NOS2/c19-18(20,21)23-13-7-5-11(6-8-13)17-22-10-16(25-17)15-9-12-3-1-2-4-14(12)24-15/h1-10H. The van der Waals surface area contributed by atoms with Crippen molar-refractivity contribution in [1.82, 2.24) is 4.98 Å². The molecular weight excluding hydrogens is 367 g/mol. The van der Waals surface area contributed by atoms with Crippen molar-refractivity contribution in [3.63, 3.8) is 0 Å². The highest BCUT2D eigenvalue weighted by Crippen LogP contribution is 2.38. The lowest BCUT2D eigenvalue weighted by Gasteiger charge is -2.08. The van der Waals surface area contributed by atoms with E-state index in [1.54, 1.807) is 29.7 Å². The molecule has 4 rings (SSSR count). The first-order valence-corrected chi connectivity index (χ1v) is 8.92. The molecule has 0 bridgehead atoms. The summed E-state index contributed by atoms with van der Waals surface area (Å²) < 4.78 is 41.7. The topological polar surface area (TPSA) is 22.1 Å². The smallest absolute Gasteiger partial charge is 0.406 e. The number of rotatable bonds is 3. The Kier molecular flexibility index (Phi) is 3.97. The second-order valence-electron chi connectivity index (χ2n) is 5.25. The quantitative estimate of drug-likeness (QED) is 0.402. The highest BCUT2D eigenvalue weighted by atomic mass is 32.1. The van der Waals surface area contributed by atoms with Crippen LogP contribution in [0.1, 0.15) is 0 Å². The summed E-state index contributed by atoms with van der Waals surface area (Å²) in [6.45, 7) is 0. The normalized spacial score (nSPS) is 11.8. The summed E-state index contributed by atoms with van der Waals surface area (Å²) in [5.41, 5.74) is 0.756. The maximum absolute atomic E-state index is 12.2. The predicted molar refractivity (Wildman–Crippen MR) is 95.1 cm³/mol. The van der Waals surface area contributed by atoms with Gasteiger partial charge in [-0.1, -0.05) is 18.2 Å². The van der Waals surface area contributed by atoms with Crippen molar-refractivity contribution in [2.45, 2.75) is 6.36 Å². The molecule has 0 spiro atoms. The van der Waals surface area contributed by atoms with E-state index in [2.05, 4.69) is 27.9 Å². The highest BCUT2D eigenvalue weighted by Gasteiger charge is 2.31. The van der Waals surface area contributed by atoms with E-state index in [1.807, 2.05) is 12.1 Å². The second-order valence-corrected chi connectivity index (χ2v) is 7.36. The predicted octanol–water partition coefficient (Wildman–Crippen LogP) is 6.59. The van der Waals surface area contributed by atoms with E-state index in [1.165, 1.54) is 33.6 Å². The summed E-state index contributed by atoms with van der Waals surface area (Å²) >= 11 is 3.20. The van der Waals surface area contributed by atoms with Crippen LogP contribution in [0.2, 0.25) is 0 Å². The average Bonchev–Trinajstić information content (AvgIpc) is 3.21. The number of ether oxygens (including phenoxy) is 1. The van der Waals surface area contributed by atoms with E-state index >= 15 is 0 Å². The number of thiophene rings is 1. The molecule has 0 aliphatic rings. The van der Waals surface area contributed by atoms with E-state index in [0.29, 0.717) is 0 Å². The van der Waals surface area contributed by atoms with Crippen LogP contribution < -0.4 is 4.74 Å². The molecule has 2 heterocycles. The Morgan fingerprint density at radius 1 is 0.880 bits per heavy atom. The molecule has 0 aliphatic carbocycles. The maximum atomic E-state index is 12.2. The first kappa shape index (κ1) is 16.1. The fourth-order valence-electron chi connectivity index (χ4n) is 2.42. The number of benzene rings is 2. The van der Waals surface area contributed by atoms with Crippen LogP contribution in [-0.4, -0.2) is 11.3 Å². The molecule has 0 aliphatic heterocycles. The molecule has 0 saturated heterocycles. The molecule has 126 valence electrons. The van der Waals surface area contributed by atoms with Crippen molar-refractivity contribution >= 4 is 32.8 Å². The zero-order valence-electron chi connectivity index (χ0n) is 12.6. The van der Waals surface area contributed by atoms with E-state index in [9.17, 15) is 13.2 Å². The third kappa shape index (κ3) is 3.52. The number of alkyl halides is 3. The molecule has 7 heteroatoms. The SMILES string of the molecule is FC(F)(F)Oc1ccc(-c2ncc(-c3cc4ccccc4s3)s2)cc1. The van der Waals surface area contributed by atoms with Gasteiger partial charge >= 0.3 is 6.36 Å². The first-order valence-electron chi connectivity index (χ1n) is 7.29. The summed E-state index contributed by atoms with van der Waals surface area (Å²) in [7, 11) is 0. The van der Waals surface area contributed by atoms with Crippen LogP contribution in [0.5, 0.6) is 5.75 Å². The number of thiazole rings is 1. The van der Waals surface area contributed by atoms with Crippen LogP contribution in [-0.2, 0) is 0 Å². The maximum Gasteiger partial charge on any atom is 0.573 e. The van der Waals surface area contributed by atoms with E-state index in [-0.39, 0.29) is 5.75 Å². The minimum absolute atomic E-state index is 0.238. The van der Waals surface area contributed by atoms with Crippen molar-refractivity contribution in [2.75, 3.05) is 0 Å². The van der Waals surface area contributed by atoms with E-state index in [0.717, 1.165) is 20.3 Å². The molecule has 2 nitrogen and oxygen atoms in total. The van der Waals surface area contributed by atoms with Gasteiger partial charge in [0.25, 0.3) is 0 Å². The summed E-state index contributed by atoms with van der Waals surface area (Å²) in [4.78, 5) is 6.56.